The molecule has 0 saturated heterocycles. The monoisotopic (exact) mass is 340 g/mol. The topological polar surface area (TPSA) is 76.7 Å². The van der Waals surface area contributed by atoms with Crippen molar-refractivity contribution in [2.75, 3.05) is 12.3 Å². The number of carbonyl (C=O) groups is 2. The number of hydrogen-bond acceptors (Lipinski definition) is 5. The van der Waals surface area contributed by atoms with Crippen molar-refractivity contribution in [3.8, 4) is 0 Å². The molecule has 7 heteroatoms. The van der Waals surface area contributed by atoms with Gasteiger partial charge in [-0.2, -0.15) is 12.6 Å². The Hall–Kier alpha value is -1.89. The molecule has 1 aromatic carbocycles. The van der Waals surface area contributed by atoms with Gasteiger partial charge in [-0.15, -0.1) is 0 Å². The minimum atomic E-state index is -0.576. The molecule has 0 radical (unpaired) electrons. The maximum atomic E-state index is 11.7. The highest BCUT2D eigenvalue weighted by molar-refractivity contribution is 7.80. The molecule has 0 aliphatic rings. The van der Waals surface area contributed by atoms with Crippen molar-refractivity contribution in [2.45, 2.75) is 39.0 Å². The minimum absolute atomic E-state index is 0.192. The van der Waals surface area contributed by atoms with E-state index in [0.29, 0.717) is 5.75 Å². The van der Waals surface area contributed by atoms with Gasteiger partial charge in [0.1, 0.15) is 12.2 Å². The minimum Gasteiger partial charge on any atom is -0.445 e. The Balaban J connectivity index is 2.30. The number of rotatable bonds is 6. The third-order valence-corrected chi connectivity index (χ3v) is 3.09. The quantitative estimate of drug-likeness (QED) is 0.696. The van der Waals surface area contributed by atoms with Crippen LogP contribution in [0.3, 0.4) is 0 Å². The van der Waals surface area contributed by atoms with Crippen LogP contribution in [-0.2, 0) is 16.1 Å². The van der Waals surface area contributed by atoms with Crippen LogP contribution in [0.5, 0.6) is 0 Å². The zero-order valence-corrected chi connectivity index (χ0v) is 14.6. The van der Waals surface area contributed by atoms with Gasteiger partial charge in [-0.05, 0) is 26.3 Å². The lowest BCUT2D eigenvalue weighted by Gasteiger charge is -2.23. The van der Waals surface area contributed by atoms with Crippen molar-refractivity contribution in [1.29, 1.82) is 0 Å². The predicted octanol–water partition coefficient (Wildman–Crippen LogP) is 2.74. The summed E-state index contributed by atoms with van der Waals surface area (Å²) in [5.74, 6) is 0.359. The summed E-state index contributed by atoms with van der Waals surface area (Å²) >= 11 is 4.15. The Morgan fingerprint density at radius 3 is 2.39 bits per heavy atom. The molecule has 1 aromatic rings. The van der Waals surface area contributed by atoms with Crippen molar-refractivity contribution < 1.29 is 19.1 Å². The summed E-state index contributed by atoms with van der Waals surface area (Å²) in [4.78, 5) is 23.3. The number of alkyl carbamates (subject to hydrolysis) is 2. The summed E-state index contributed by atoms with van der Waals surface area (Å²) in [6.07, 6.45) is -1.09. The second kappa shape index (κ2) is 9.29. The van der Waals surface area contributed by atoms with Crippen LogP contribution in [0.25, 0.3) is 0 Å². The normalized spacial score (nSPS) is 12.2. The Morgan fingerprint density at radius 1 is 1.17 bits per heavy atom. The third-order valence-electron chi connectivity index (χ3n) is 2.65. The van der Waals surface area contributed by atoms with Crippen molar-refractivity contribution in [2.24, 2.45) is 0 Å². The summed E-state index contributed by atoms with van der Waals surface area (Å²) in [5.41, 5.74) is 0.327. The summed E-state index contributed by atoms with van der Waals surface area (Å²) in [6, 6.07) is 9.03. The lowest BCUT2D eigenvalue weighted by atomic mass is 10.2. The Morgan fingerprint density at radius 2 is 1.83 bits per heavy atom. The molecule has 0 fully saturated rings. The van der Waals surface area contributed by atoms with Crippen molar-refractivity contribution in [3.05, 3.63) is 35.9 Å². The molecule has 2 amide bonds. The fraction of sp³-hybridized carbons (Fsp3) is 0.500. The molecular weight excluding hydrogens is 316 g/mol. The molecule has 1 rings (SSSR count). The van der Waals surface area contributed by atoms with E-state index >= 15 is 0 Å². The van der Waals surface area contributed by atoms with Crippen LogP contribution >= 0.6 is 12.6 Å². The molecule has 0 aliphatic heterocycles. The fourth-order valence-corrected chi connectivity index (χ4v) is 1.84. The molecular formula is C16H24N2O4S. The van der Waals surface area contributed by atoms with Gasteiger partial charge in [0.2, 0.25) is 0 Å². The Kier molecular flexibility index (Phi) is 7.74. The number of ether oxygens (including phenoxy) is 2. The van der Waals surface area contributed by atoms with E-state index in [4.69, 9.17) is 9.47 Å². The number of carbonyl (C=O) groups excluding carboxylic acids is 2. The van der Waals surface area contributed by atoms with Gasteiger partial charge in [-0.1, -0.05) is 30.3 Å². The molecule has 0 spiro atoms. The maximum absolute atomic E-state index is 11.7. The van der Waals surface area contributed by atoms with Crippen molar-refractivity contribution >= 4 is 24.8 Å². The summed E-state index contributed by atoms with van der Waals surface area (Å²) in [7, 11) is 0. The number of hydrogen-bond donors (Lipinski definition) is 3. The van der Waals surface area contributed by atoms with Gasteiger partial charge in [-0.25, -0.2) is 9.59 Å². The lowest BCUT2D eigenvalue weighted by Crippen LogP contribution is -2.46. The molecule has 0 saturated carbocycles. The number of thiol groups is 1. The number of benzene rings is 1. The van der Waals surface area contributed by atoms with Gasteiger partial charge >= 0.3 is 12.2 Å². The molecule has 0 aromatic heterocycles. The van der Waals surface area contributed by atoms with Crippen LogP contribution < -0.4 is 10.6 Å². The highest BCUT2D eigenvalue weighted by atomic mass is 32.1. The number of amides is 2. The molecule has 6 nitrogen and oxygen atoms in total. The molecule has 2 N–H and O–H groups in total. The summed E-state index contributed by atoms with van der Waals surface area (Å²) in [6.45, 7) is 5.73. The first-order chi connectivity index (χ1) is 10.8. The van der Waals surface area contributed by atoms with Crippen molar-refractivity contribution in [1.82, 2.24) is 10.6 Å². The Labute approximate surface area is 142 Å². The van der Waals surface area contributed by atoms with Crippen LogP contribution in [-0.4, -0.2) is 36.1 Å². The zero-order valence-electron chi connectivity index (χ0n) is 13.7. The van der Waals surface area contributed by atoms with Gasteiger partial charge in [0.05, 0.1) is 6.04 Å². The first-order valence-corrected chi connectivity index (χ1v) is 7.98. The predicted molar refractivity (Wildman–Crippen MR) is 91.6 cm³/mol. The molecule has 1 unspecified atom stereocenters. The van der Waals surface area contributed by atoms with E-state index in [1.807, 2.05) is 30.3 Å². The average molecular weight is 340 g/mol. The van der Waals surface area contributed by atoms with Gasteiger partial charge in [0, 0.05) is 12.3 Å². The summed E-state index contributed by atoms with van der Waals surface area (Å²) < 4.78 is 10.2. The third kappa shape index (κ3) is 8.97. The maximum Gasteiger partial charge on any atom is 0.407 e. The SMILES string of the molecule is CC(C)(C)OC(=O)NC(CS)CNC(=O)OCc1ccccc1. The van der Waals surface area contributed by atoms with Gasteiger partial charge in [-0.3, -0.25) is 0 Å². The second-order valence-electron chi connectivity index (χ2n) is 5.97. The lowest BCUT2D eigenvalue weighted by molar-refractivity contribution is 0.0507. The van der Waals surface area contributed by atoms with Crippen molar-refractivity contribution in [3.63, 3.8) is 0 Å². The van der Waals surface area contributed by atoms with E-state index in [9.17, 15) is 9.59 Å². The largest absolute Gasteiger partial charge is 0.445 e. The van der Waals surface area contributed by atoms with Crippen LogP contribution in [0.2, 0.25) is 0 Å². The smallest absolute Gasteiger partial charge is 0.407 e. The Bertz CT molecular complexity index is 503. The van der Waals surface area contributed by atoms with Gasteiger partial charge in [0.15, 0.2) is 0 Å². The molecule has 0 aliphatic carbocycles. The molecule has 0 bridgehead atoms. The van der Waals surface area contributed by atoms with Gasteiger partial charge < -0.3 is 20.1 Å². The van der Waals surface area contributed by atoms with E-state index in [1.165, 1.54) is 0 Å². The van der Waals surface area contributed by atoms with E-state index in [2.05, 4.69) is 23.3 Å². The fourth-order valence-electron chi connectivity index (χ4n) is 1.62. The molecule has 0 heterocycles. The zero-order chi connectivity index (χ0) is 17.3. The van der Waals surface area contributed by atoms with Gasteiger partial charge in [0.25, 0.3) is 0 Å². The van der Waals surface area contributed by atoms with E-state index in [1.54, 1.807) is 20.8 Å². The summed E-state index contributed by atoms with van der Waals surface area (Å²) in [5, 5.41) is 5.24. The van der Waals surface area contributed by atoms with Crippen LogP contribution in [0, 0.1) is 0 Å². The van der Waals surface area contributed by atoms with Crippen LogP contribution in [0.4, 0.5) is 9.59 Å². The molecule has 1 atom stereocenters. The second-order valence-corrected chi connectivity index (χ2v) is 6.33. The van der Waals surface area contributed by atoms with E-state index < -0.39 is 17.8 Å². The van der Waals surface area contributed by atoms with E-state index in [-0.39, 0.29) is 19.2 Å². The standard InChI is InChI=1S/C16H24N2O4S/c1-16(2,3)22-15(20)18-13(11-23)9-17-14(19)21-10-12-7-5-4-6-8-12/h4-8,13,23H,9-11H2,1-3H3,(H,17,19)(H,18,20). The van der Waals surface area contributed by atoms with E-state index in [0.717, 1.165) is 5.56 Å². The highest BCUT2D eigenvalue weighted by Crippen LogP contribution is 2.07. The van der Waals surface area contributed by atoms with Crippen LogP contribution in [0.1, 0.15) is 26.3 Å². The van der Waals surface area contributed by atoms with Crippen LogP contribution in [0.15, 0.2) is 30.3 Å². The average Bonchev–Trinajstić information content (AvgIpc) is 2.48. The first-order valence-electron chi connectivity index (χ1n) is 7.35. The highest BCUT2D eigenvalue weighted by Gasteiger charge is 2.19. The number of nitrogens with one attached hydrogen (secondary N) is 2. The molecule has 128 valence electrons. The molecule has 23 heavy (non-hydrogen) atoms. The first kappa shape index (κ1) is 19.2.